The number of aromatic nitrogens is 2. The summed E-state index contributed by atoms with van der Waals surface area (Å²) in [6, 6.07) is 17.2. The summed E-state index contributed by atoms with van der Waals surface area (Å²) >= 11 is 0. The largest absolute Gasteiger partial charge is 0.326 e. The number of hydrogen-bond acceptors (Lipinski definition) is 2. The SMILES string of the molecule is C[NH+](CC(=O)Nc1ccnn1C1CCCC1)Cc1ccc2ccccc2c1. The zero-order valence-corrected chi connectivity index (χ0v) is 15.8. The molecule has 1 aliphatic carbocycles. The number of fused-ring (bicyclic) bond motifs is 1. The Morgan fingerprint density at radius 1 is 1.15 bits per heavy atom. The lowest BCUT2D eigenvalue weighted by Crippen LogP contribution is -3.08. The third-order valence-electron chi connectivity index (χ3n) is 5.39. The molecule has 5 nitrogen and oxygen atoms in total. The van der Waals surface area contributed by atoms with Gasteiger partial charge in [0.2, 0.25) is 0 Å². The van der Waals surface area contributed by atoms with E-state index in [0.717, 1.165) is 30.1 Å². The number of amides is 1. The fourth-order valence-electron chi connectivity index (χ4n) is 4.07. The highest BCUT2D eigenvalue weighted by Gasteiger charge is 2.21. The summed E-state index contributed by atoms with van der Waals surface area (Å²) in [4.78, 5) is 13.7. The zero-order valence-electron chi connectivity index (χ0n) is 15.8. The first-order chi connectivity index (χ1) is 13.2. The van der Waals surface area contributed by atoms with Gasteiger partial charge >= 0.3 is 0 Å². The Morgan fingerprint density at radius 3 is 2.74 bits per heavy atom. The smallest absolute Gasteiger partial charge is 0.280 e. The van der Waals surface area contributed by atoms with Crippen LogP contribution >= 0.6 is 0 Å². The van der Waals surface area contributed by atoms with Gasteiger partial charge in [0.25, 0.3) is 5.91 Å². The predicted octanol–water partition coefficient (Wildman–Crippen LogP) is 2.80. The predicted molar refractivity (Wildman–Crippen MR) is 108 cm³/mol. The van der Waals surface area contributed by atoms with Gasteiger partial charge in [0, 0.05) is 11.6 Å². The number of quaternary nitrogens is 1. The number of carbonyl (C=O) groups is 1. The molecule has 1 fully saturated rings. The number of nitrogens with one attached hydrogen (secondary N) is 2. The molecule has 0 radical (unpaired) electrons. The fraction of sp³-hybridized carbons (Fsp3) is 0.364. The molecule has 1 aromatic heterocycles. The molecule has 0 spiro atoms. The van der Waals surface area contributed by atoms with E-state index < -0.39 is 0 Å². The van der Waals surface area contributed by atoms with E-state index in [1.165, 1.54) is 29.2 Å². The molecule has 140 valence electrons. The van der Waals surface area contributed by atoms with Crippen LogP contribution in [0.15, 0.2) is 54.7 Å². The van der Waals surface area contributed by atoms with Gasteiger partial charge in [-0.3, -0.25) is 4.79 Å². The van der Waals surface area contributed by atoms with Crippen LogP contribution in [0.3, 0.4) is 0 Å². The second-order valence-corrected chi connectivity index (χ2v) is 7.64. The quantitative estimate of drug-likeness (QED) is 0.708. The molecule has 1 aliphatic rings. The number of anilines is 1. The van der Waals surface area contributed by atoms with Crippen LogP contribution < -0.4 is 10.2 Å². The summed E-state index contributed by atoms with van der Waals surface area (Å²) in [6.45, 7) is 1.25. The lowest BCUT2D eigenvalue weighted by atomic mass is 10.1. The van der Waals surface area contributed by atoms with Gasteiger partial charge in [0.1, 0.15) is 12.4 Å². The van der Waals surface area contributed by atoms with Gasteiger partial charge in [-0.15, -0.1) is 0 Å². The van der Waals surface area contributed by atoms with Crippen LogP contribution in [0.25, 0.3) is 10.8 Å². The highest BCUT2D eigenvalue weighted by Crippen LogP contribution is 2.31. The van der Waals surface area contributed by atoms with Crippen molar-refractivity contribution in [1.82, 2.24) is 9.78 Å². The Hall–Kier alpha value is -2.66. The number of likely N-dealkylation sites (N-methyl/N-ethyl adjacent to an activating group) is 1. The number of benzene rings is 2. The maximum absolute atomic E-state index is 12.5. The van der Waals surface area contributed by atoms with Crippen LogP contribution in [0.2, 0.25) is 0 Å². The van der Waals surface area contributed by atoms with Crippen LogP contribution in [0.1, 0.15) is 37.3 Å². The highest BCUT2D eigenvalue weighted by atomic mass is 16.2. The highest BCUT2D eigenvalue weighted by molar-refractivity contribution is 5.90. The van der Waals surface area contributed by atoms with Crippen LogP contribution in [0, 0.1) is 0 Å². The third kappa shape index (κ3) is 4.19. The van der Waals surface area contributed by atoms with Crippen molar-refractivity contribution >= 4 is 22.5 Å². The van der Waals surface area contributed by atoms with E-state index in [4.69, 9.17) is 0 Å². The van der Waals surface area contributed by atoms with E-state index in [1.54, 1.807) is 6.20 Å². The third-order valence-corrected chi connectivity index (χ3v) is 5.39. The van der Waals surface area contributed by atoms with Gasteiger partial charge in [0.15, 0.2) is 6.54 Å². The molecule has 27 heavy (non-hydrogen) atoms. The summed E-state index contributed by atoms with van der Waals surface area (Å²) in [5.74, 6) is 0.860. The molecule has 1 heterocycles. The topological polar surface area (TPSA) is 51.4 Å². The lowest BCUT2D eigenvalue weighted by Gasteiger charge is -2.17. The first-order valence-electron chi connectivity index (χ1n) is 9.81. The van der Waals surface area contributed by atoms with E-state index in [0.29, 0.717) is 12.6 Å². The average Bonchev–Trinajstić information content (AvgIpc) is 3.32. The summed E-state index contributed by atoms with van der Waals surface area (Å²) < 4.78 is 1.99. The molecule has 1 unspecified atom stereocenters. The van der Waals surface area contributed by atoms with E-state index in [9.17, 15) is 4.79 Å². The van der Waals surface area contributed by atoms with Crippen LogP contribution in [0.4, 0.5) is 5.82 Å². The molecule has 3 aromatic rings. The second-order valence-electron chi connectivity index (χ2n) is 7.64. The van der Waals surface area contributed by atoms with Gasteiger partial charge in [0.05, 0.1) is 19.3 Å². The van der Waals surface area contributed by atoms with Crippen molar-refractivity contribution in [2.75, 3.05) is 18.9 Å². The Bertz CT molecular complexity index is 927. The van der Waals surface area contributed by atoms with Crippen molar-refractivity contribution in [2.45, 2.75) is 38.3 Å². The monoisotopic (exact) mass is 363 g/mol. The molecule has 2 N–H and O–H groups in total. The number of carbonyl (C=O) groups excluding carboxylic acids is 1. The molecular weight excluding hydrogens is 336 g/mol. The van der Waals surface area contributed by atoms with Crippen molar-refractivity contribution in [3.05, 3.63) is 60.3 Å². The fourth-order valence-corrected chi connectivity index (χ4v) is 4.07. The molecular formula is C22H27N4O+. The standard InChI is InChI=1S/C22H26N4O/c1-25(15-17-10-11-18-6-2-3-7-19(18)14-17)16-22(27)24-21-12-13-23-26(21)20-8-4-5-9-20/h2-3,6-7,10-14,20H,4-5,8-9,15-16H2,1H3,(H,24,27)/p+1. The normalized spacial score (nSPS) is 15.9. The number of rotatable bonds is 6. The van der Waals surface area contributed by atoms with E-state index in [1.807, 2.05) is 10.7 Å². The Morgan fingerprint density at radius 2 is 1.93 bits per heavy atom. The number of nitrogens with zero attached hydrogens (tertiary/aromatic N) is 2. The minimum atomic E-state index is 0.0352. The molecule has 1 amide bonds. The maximum atomic E-state index is 12.5. The van der Waals surface area contributed by atoms with Gasteiger partial charge in [-0.1, -0.05) is 49.2 Å². The van der Waals surface area contributed by atoms with Crippen molar-refractivity contribution in [2.24, 2.45) is 0 Å². The first-order valence-corrected chi connectivity index (χ1v) is 9.81. The molecule has 0 aliphatic heterocycles. The second kappa shape index (κ2) is 7.92. The molecule has 4 rings (SSSR count). The zero-order chi connectivity index (χ0) is 18.6. The van der Waals surface area contributed by atoms with Crippen molar-refractivity contribution < 1.29 is 9.69 Å². The Kier molecular flexibility index (Phi) is 5.21. The molecule has 0 bridgehead atoms. The molecule has 0 saturated heterocycles. The van der Waals surface area contributed by atoms with Crippen LogP contribution in [-0.4, -0.2) is 29.3 Å². The minimum absolute atomic E-state index is 0.0352. The van der Waals surface area contributed by atoms with E-state index in [-0.39, 0.29) is 5.91 Å². The van der Waals surface area contributed by atoms with Crippen LogP contribution in [-0.2, 0) is 11.3 Å². The maximum Gasteiger partial charge on any atom is 0.280 e. The minimum Gasteiger partial charge on any atom is -0.326 e. The average molecular weight is 363 g/mol. The first kappa shape index (κ1) is 17.7. The summed E-state index contributed by atoms with van der Waals surface area (Å²) in [7, 11) is 2.06. The Labute approximate surface area is 160 Å². The van der Waals surface area contributed by atoms with Gasteiger partial charge in [-0.05, 0) is 29.7 Å². The number of hydrogen-bond donors (Lipinski definition) is 2. The molecule has 2 aromatic carbocycles. The van der Waals surface area contributed by atoms with Gasteiger partial charge in [-0.25, -0.2) is 4.68 Å². The van der Waals surface area contributed by atoms with Gasteiger partial charge in [-0.2, -0.15) is 5.10 Å². The van der Waals surface area contributed by atoms with Crippen LogP contribution in [0.5, 0.6) is 0 Å². The molecule has 5 heteroatoms. The summed E-state index contributed by atoms with van der Waals surface area (Å²) in [5, 5.41) is 9.97. The van der Waals surface area contributed by atoms with E-state index in [2.05, 4.69) is 59.9 Å². The molecule has 1 atom stereocenters. The van der Waals surface area contributed by atoms with E-state index >= 15 is 0 Å². The van der Waals surface area contributed by atoms with Gasteiger partial charge < -0.3 is 10.2 Å². The summed E-state index contributed by atoms with van der Waals surface area (Å²) in [6.07, 6.45) is 6.57. The summed E-state index contributed by atoms with van der Waals surface area (Å²) in [5.41, 5.74) is 1.25. The van der Waals surface area contributed by atoms with Crippen molar-refractivity contribution in [3.63, 3.8) is 0 Å². The Balaban J connectivity index is 1.35. The van der Waals surface area contributed by atoms with Crippen molar-refractivity contribution in [3.8, 4) is 0 Å². The molecule has 1 saturated carbocycles. The van der Waals surface area contributed by atoms with Crippen molar-refractivity contribution in [1.29, 1.82) is 0 Å². The lowest BCUT2D eigenvalue weighted by molar-refractivity contribution is -0.885.